The standard InChI is InChI=1S/C22H15Cl2N3O3/c1-2-27-20-16(21(29)26-22(27)30)14(12-8-5-9-13(23)17(12)24)15-18(25-20)10-6-3-4-7-11(10)19(15)28/h3-9,14,25H,2H2,1H3,(H,26,29,30)/t14-/m0/s1. The normalized spacial score (nSPS) is 16.8. The number of aromatic nitrogens is 2. The highest BCUT2D eigenvalue weighted by molar-refractivity contribution is 6.42. The van der Waals surface area contributed by atoms with Gasteiger partial charge in [-0.05, 0) is 18.6 Å². The Balaban J connectivity index is 1.91. The van der Waals surface area contributed by atoms with Crippen molar-refractivity contribution in [1.82, 2.24) is 9.55 Å². The third kappa shape index (κ3) is 2.47. The third-order valence-corrected chi connectivity index (χ3v) is 6.45. The van der Waals surface area contributed by atoms with Gasteiger partial charge >= 0.3 is 5.69 Å². The Bertz CT molecular complexity index is 1400. The van der Waals surface area contributed by atoms with Crippen LogP contribution in [0.25, 0.3) is 5.70 Å². The molecule has 150 valence electrons. The minimum atomic E-state index is -0.774. The van der Waals surface area contributed by atoms with Crippen LogP contribution in [0.15, 0.2) is 57.6 Å². The Morgan fingerprint density at radius 2 is 1.73 bits per heavy atom. The molecule has 2 N–H and O–H groups in total. The molecule has 5 rings (SSSR count). The minimum absolute atomic E-state index is 0.187. The molecule has 2 aliphatic rings. The van der Waals surface area contributed by atoms with Gasteiger partial charge in [0.1, 0.15) is 5.82 Å². The Hall–Kier alpha value is -3.09. The highest BCUT2D eigenvalue weighted by atomic mass is 35.5. The molecule has 0 amide bonds. The van der Waals surface area contributed by atoms with Gasteiger partial charge in [0.2, 0.25) is 0 Å². The summed E-state index contributed by atoms with van der Waals surface area (Å²) >= 11 is 12.8. The van der Waals surface area contributed by atoms with Gasteiger partial charge in [0.15, 0.2) is 5.78 Å². The number of halogens is 2. The van der Waals surface area contributed by atoms with E-state index in [2.05, 4.69) is 10.3 Å². The van der Waals surface area contributed by atoms with Gasteiger partial charge in [0.25, 0.3) is 5.56 Å². The number of benzene rings is 2. The molecular formula is C22H15Cl2N3O3. The minimum Gasteiger partial charge on any atom is -0.340 e. The van der Waals surface area contributed by atoms with E-state index in [1.54, 1.807) is 37.3 Å². The van der Waals surface area contributed by atoms with Gasteiger partial charge in [-0.2, -0.15) is 0 Å². The van der Waals surface area contributed by atoms with E-state index in [0.29, 0.717) is 39.8 Å². The van der Waals surface area contributed by atoms with Crippen molar-refractivity contribution in [3.8, 4) is 0 Å². The van der Waals surface area contributed by atoms with E-state index in [1.165, 1.54) is 4.57 Å². The third-order valence-electron chi connectivity index (χ3n) is 5.62. The number of allylic oxidation sites excluding steroid dienone is 1. The van der Waals surface area contributed by atoms with Gasteiger partial charge in [-0.25, -0.2) is 4.79 Å². The monoisotopic (exact) mass is 439 g/mol. The summed E-state index contributed by atoms with van der Waals surface area (Å²) in [6.07, 6.45) is 0. The fourth-order valence-electron chi connectivity index (χ4n) is 4.32. The molecule has 2 heterocycles. The van der Waals surface area contributed by atoms with Crippen molar-refractivity contribution in [2.24, 2.45) is 0 Å². The highest BCUT2D eigenvalue weighted by Gasteiger charge is 2.43. The number of hydrogen-bond donors (Lipinski definition) is 2. The lowest BCUT2D eigenvalue weighted by molar-refractivity contribution is 0.103. The second-order valence-electron chi connectivity index (χ2n) is 7.13. The quantitative estimate of drug-likeness (QED) is 0.631. The maximum atomic E-state index is 13.4. The van der Waals surface area contributed by atoms with Crippen molar-refractivity contribution in [3.63, 3.8) is 0 Å². The lowest BCUT2D eigenvalue weighted by atomic mass is 9.81. The van der Waals surface area contributed by atoms with Crippen LogP contribution in [-0.2, 0) is 6.54 Å². The van der Waals surface area contributed by atoms with Crippen molar-refractivity contribution < 1.29 is 4.79 Å². The number of H-pyrrole nitrogens is 1. The Morgan fingerprint density at radius 1 is 1.00 bits per heavy atom. The second kappa shape index (κ2) is 6.72. The summed E-state index contributed by atoms with van der Waals surface area (Å²) in [7, 11) is 0. The lowest BCUT2D eigenvalue weighted by Crippen LogP contribution is -2.38. The van der Waals surface area contributed by atoms with E-state index in [-0.39, 0.29) is 16.4 Å². The number of ketones is 1. The van der Waals surface area contributed by atoms with Crippen LogP contribution >= 0.6 is 23.2 Å². The highest BCUT2D eigenvalue weighted by Crippen LogP contribution is 2.49. The summed E-state index contributed by atoms with van der Waals surface area (Å²) in [6.45, 7) is 2.14. The number of rotatable bonds is 2. The summed E-state index contributed by atoms with van der Waals surface area (Å²) in [5.41, 5.74) is 1.97. The molecule has 30 heavy (non-hydrogen) atoms. The molecule has 1 aromatic heterocycles. The molecule has 8 heteroatoms. The van der Waals surface area contributed by atoms with Gasteiger partial charge < -0.3 is 5.32 Å². The number of carbonyl (C=O) groups excluding carboxylic acids is 1. The maximum Gasteiger partial charge on any atom is 0.329 e. The average molecular weight is 440 g/mol. The Kier molecular flexibility index (Phi) is 4.24. The summed E-state index contributed by atoms with van der Waals surface area (Å²) in [5, 5.41) is 3.79. The van der Waals surface area contributed by atoms with Gasteiger partial charge in [0.05, 0.1) is 27.2 Å². The predicted octanol–water partition coefficient (Wildman–Crippen LogP) is 4.03. The van der Waals surface area contributed by atoms with E-state index in [0.717, 1.165) is 5.56 Å². The van der Waals surface area contributed by atoms with Gasteiger partial charge in [-0.15, -0.1) is 0 Å². The first-order valence-electron chi connectivity index (χ1n) is 9.40. The molecule has 0 saturated heterocycles. The van der Waals surface area contributed by atoms with E-state index in [1.807, 2.05) is 12.1 Å². The molecular weight excluding hydrogens is 425 g/mol. The molecule has 1 aliphatic heterocycles. The summed E-state index contributed by atoms with van der Waals surface area (Å²) in [6, 6.07) is 12.3. The fourth-order valence-corrected chi connectivity index (χ4v) is 4.74. The molecule has 0 spiro atoms. The molecule has 1 atom stereocenters. The average Bonchev–Trinajstić information content (AvgIpc) is 3.01. The number of Topliss-reactive ketones (excluding diaryl/α,β-unsaturated/α-hetero) is 1. The van der Waals surface area contributed by atoms with E-state index < -0.39 is 17.2 Å². The van der Waals surface area contributed by atoms with Crippen LogP contribution in [-0.4, -0.2) is 15.3 Å². The topological polar surface area (TPSA) is 84.0 Å². The van der Waals surface area contributed by atoms with Crippen LogP contribution in [0.5, 0.6) is 0 Å². The Morgan fingerprint density at radius 3 is 2.47 bits per heavy atom. The number of nitrogens with zero attached hydrogens (tertiary/aromatic N) is 1. The first-order chi connectivity index (χ1) is 14.4. The summed E-state index contributed by atoms with van der Waals surface area (Å²) in [5.74, 6) is -0.603. The molecule has 3 aromatic rings. The molecule has 0 bridgehead atoms. The van der Waals surface area contributed by atoms with Gasteiger partial charge in [0, 0.05) is 23.2 Å². The zero-order chi connectivity index (χ0) is 21.2. The van der Waals surface area contributed by atoms with Crippen molar-refractivity contribution in [3.05, 3.63) is 101 Å². The van der Waals surface area contributed by atoms with Crippen LogP contribution in [0, 0.1) is 0 Å². The second-order valence-corrected chi connectivity index (χ2v) is 7.92. The van der Waals surface area contributed by atoms with E-state index in [9.17, 15) is 14.4 Å². The molecule has 1 aliphatic carbocycles. The van der Waals surface area contributed by atoms with Crippen LogP contribution in [0.4, 0.5) is 5.82 Å². The largest absolute Gasteiger partial charge is 0.340 e. The zero-order valence-corrected chi connectivity index (χ0v) is 17.3. The predicted molar refractivity (Wildman–Crippen MR) is 117 cm³/mol. The van der Waals surface area contributed by atoms with Gasteiger partial charge in [-0.3, -0.25) is 19.1 Å². The van der Waals surface area contributed by atoms with Crippen molar-refractivity contribution >= 4 is 40.5 Å². The molecule has 6 nitrogen and oxygen atoms in total. The first kappa shape index (κ1) is 18.9. The van der Waals surface area contributed by atoms with Crippen molar-refractivity contribution in [1.29, 1.82) is 0 Å². The number of fused-ring (bicyclic) bond motifs is 3. The number of hydrogen-bond acceptors (Lipinski definition) is 4. The SMILES string of the molecule is CCn1c2c(c(=O)[nH]c1=O)[C@@H](c1cccc(Cl)c1Cl)C1=C(N2)c2ccccc2C1=O. The lowest BCUT2D eigenvalue weighted by Gasteiger charge is -2.30. The number of aromatic amines is 1. The number of nitrogens with one attached hydrogen (secondary N) is 2. The zero-order valence-electron chi connectivity index (χ0n) is 15.8. The van der Waals surface area contributed by atoms with Crippen LogP contribution in [0.3, 0.4) is 0 Å². The first-order valence-corrected chi connectivity index (χ1v) is 10.2. The number of carbonyl (C=O) groups is 1. The van der Waals surface area contributed by atoms with Gasteiger partial charge in [-0.1, -0.05) is 59.6 Å². The molecule has 0 unspecified atom stereocenters. The van der Waals surface area contributed by atoms with E-state index >= 15 is 0 Å². The van der Waals surface area contributed by atoms with Crippen LogP contribution in [0.1, 0.15) is 39.9 Å². The maximum absolute atomic E-state index is 13.4. The molecule has 2 aromatic carbocycles. The summed E-state index contributed by atoms with van der Waals surface area (Å²) < 4.78 is 1.44. The molecule has 0 saturated carbocycles. The fraction of sp³-hybridized carbons (Fsp3) is 0.136. The summed E-state index contributed by atoms with van der Waals surface area (Å²) in [4.78, 5) is 41.2. The van der Waals surface area contributed by atoms with Crippen LogP contribution in [0.2, 0.25) is 10.0 Å². The number of anilines is 1. The van der Waals surface area contributed by atoms with E-state index in [4.69, 9.17) is 23.2 Å². The Labute approximate surface area is 180 Å². The smallest absolute Gasteiger partial charge is 0.329 e. The van der Waals surface area contributed by atoms with Crippen LogP contribution < -0.4 is 16.6 Å². The van der Waals surface area contributed by atoms with Crippen molar-refractivity contribution in [2.45, 2.75) is 19.4 Å². The van der Waals surface area contributed by atoms with Crippen molar-refractivity contribution in [2.75, 3.05) is 5.32 Å². The molecule has 0 fully saturated rings. The molecule has 0 radical (unpaired) electrons.